The minimum absolute atomic E-state index is 0.0596. The van der Waals surface area contributed by atoms with Crippen molar-refractivity contribution in [2.75, 3.05) is 13.1 Å². The average molecular weight is 351 g/mol. The Labute approximate surface area is 141 Å². The summed E-state index contributed by atoms with van der Waals surface area (Å²) in [6, 6.07) is 6.32. The number of benzene rings is 1. The fourth-order valence-electron chi connectivity index (χ4n) is 2.55. The summed E-state index contributed by atoms with van der Waals surface area (Å²) in [5, 5.41) is 7.16. The summed E-state index contributed by atoms with van der Waals surface area (Å²) >= 11 is 0. The molecular formula is C15H21N5O3S. The molecule has 2 N–H and O–H groups in total. The van der Waals surface area contributed by atoms with Crippen molar-refractivity contribution in [1.82, 2.24) is 24.8 Å². The van der Waals surface area contributed by atoms with E-state index in [1.165, 1.54) is 6.33 Å². The molecule has 1 aromatic carbocycles. The van der Waals surface area contributed by atoms with Gasteiger partial charge in [-0.1, -0.05) is 0 Å². The quantitative estimate of drug-likeness (QED) is 0.783. The van der Waals surface area contributed by atoms with Gasteiger partial charge >= 0.3 is 0 Å². The highest BCUT2D eigenvalue weighted by Crippen LogP contribution is 2.17. The number of ether oxygens (including phenoxy) is 1. The maximum atomic E-state index is 12.4. The van der Waals surface area contributed by atoms with E-state index in [1.54, 1.807) is 36.0 Å². The molecule has 0 saturated carbocycles. The first-order valence-corrected chi connectivity index (χ1v) is 9.32. The first-order chi connectivity index (χ1) is 11.5. The predicted octanol–water partition coefficient (Wildman–Crippen LogP) is 0.424. The largest absolute Gasteiger partial charge is 0.486 e. The van der Waals surface area contributed by atoms with E-state index in [1.807, 2.05) is 0 Å². The van der Waals surface area contributed by atoms with Crippen molar-refractivity contribution in [3.05, 3.63) is 36.4 Å². The molecule has 1 aliphatic rings. The lowest BCUT2D eigenvalue weighted by Crippen LogP contribution is -2.45. The molecule has 0 aliphatic carbocycles. The van der Waals surface area contributed by atoms with E-state index in [9.17, 15) is 8.42 Å². The van der Waals surface area contributed by atoms with Crippen molar-refractivity contribution in [3.63, 3.8) is 0 Å². The van der Waals surface area contributed by atoms with Gasteiger partial charge in [-0.3, -0.25) is 4.68 Å². The molecule has 130 valence electrons. The Bertz CT molecular complexity index is 767. The highest BCUT2D eigenvalue weighted by Gasteiger charge is 2.21. The number of nitrogens with zero attached hydrogens (tertiary/aromatic N) is 3. The molecule has 8 nitrogen and oxygen atoms in total. The van der Waals surface area contributed by atoms with Gasteiger partial charge in [-0.25, -0.2) is 18.1 Å². The van der Waals surface area contributed by atoms with Gasteiger partial charge in [0.05, 0.1) is 4.90 Å². The Kier molecular flexibility index (Phi) is 5.12. The summed E-state index contributed by atoms with van der Waals surface area (Å²) in [4.78, 5) is 4.30. The highest BCUT2D eigenvalue weighted by molar-refractivity contribution is 7.89. The Morgan fingerprint density at radius 3 is 2.79 bits per heavy atom. The molecule has 2 aromatic rings. The zero-order valence-corrected chi connectivity index (χ0v) is 14.3. The van der Waals surface area contributed by atoms with Gasteiger partial charge in [0.25, 0.3) is 0 Å². The van der Waals surface area contributed by atoms with Gasteiger partial charge in [-0.15, -0.1) is 0 Å². The topological polar surface area (TPSA) is 98.1 Å². The molecule has 9 heteroatoms. The van der Waals surface area contributed by atoms with Crippen molar-refractivity contribution < 1.29 is 13.2 Å². The molecule has 1 fully saturated rings. The number of piperidine rings is 1. The molecule has 24 heavy (non-hydrogen) atoms. The van der Waals surface area contributed by atoms with Crippen LogP contribution in [-0.4, -0.2) is 42.3 Å². The van der Waals surface area contributed by atoms with Gasteiger partial charge in [-0.2, -0.15) is 5.10 Å². The van der Waals surface area contributed by atoms with Crippen molar-refractivity contribution in [3.8, 4) is 5.75 Å². The SMILES string of the molecule is Cn1ncnc1COc1ccc(S(=O)(=O)NC2CCCNC2)cc1. The number of hydrogen-bond acceptors (Lipinski definition) is 6. The van der Waals surface area contributed by atoms with Crippen molar-refractivity contribution >= 4 is 10.0 Å². The molecule has 0 radical (unpaired) electrons. The highest BCUT2D eigenvalue weighted by atomic mass is 32.2. The third kappa shape index (κ3) is 4.11. The standard InChI is InChI=1S/C15H21N5O3S/c1-20-15(17-11-18-20)10-23-13-4-6-14(7-5-13)24(21,22)19-12-3-2-8-16-9-12/h4-7,11-12,16,19H,2-3,8-10H2,1H3. The fraction of sp³-hybridized carbons (Fsp3) is 0.467. The molecule has 0 spiro atoms. The number of sulfonamides is 1. The lowest BCUT2D eigenvalue weighted by atomic mass is 10.1. The Morgan fingerprint density at radius 1 is 1.38 bits per heavy atom. The average Bonchev–Trinajstić information content (AvgIpc) is 2.99. The third-order valence-electron chi connectivity index (χ3n) is 3.93. The summed E-state index contributed by atoms with van der Waals surface area (Å²) in [5.74, 6) is 1.27. The van der Waals surface area contributed by atoms with E-state index >= 15 is 0 Å². The van der Waals surface area contributed by atoms with E-state index in [4.69, 9.17) is 4.74 Å². The van der Waals surface area contributed by atoms with Crippen LogP contribution in [0.2, 0.25) is 0 Å². The molecule has 2 heterocycles. The molecule has 1 atom stereocenters. The van der Waals surface area contributed by atoms with Crippen molar-refractivity contribution in [1.29, 1.82) is 0 Å². The van der Waals surface area contributed by atoms with Crippen LogP contribution in [-0.2, 0) is 23.7 Å². The molecule has 0 bridgehead atoms. The summed E-state index contributed by atoms with van der Waals surface area (Å²) in [6.45, 7) is 1.88. The Morgan fingerprint density at radius 2 is 2.17 bits per heavy atom. The Hall–Kier alpha value is -1.97. The van der Waals surface area contributed by atoms with Gasteiger partial charge < -0.3 is 10.1 Å². The van der Waals surface area contributed by atoms with Gasteiger partial charge in [0, 0.05) is 19.6 Å². The zero-order chi connectivity index (χ0) is 17.0. The minimum Gasteiger partial charge on any atom is -0.486 e. The molecule has 1 aromatic heterocycles. The van der Waals surface area contributed by atoms with Gasteiger partial charge in [0.15, 0.2) is 5.82 Å². The smallest absolute Gasteiger partial charge is 0.240 e. The number of aromatic nitrogens is 3. The molecule has 1 saturated heterocycles. The fourth-order valence-corrected chi connectivity index (χ4v) is 3.82. The van der Waals surface area contributed by atoms with E-state index in [0.29, 0.717) is 18.1 Å². The van der Waals surface area contributed by atoms with Crippen molar-refractivity contribution in [2.45, 2.75) is 30.4 Å². The zero-order valence-electron chi connectivity index (χ0n) is 13.5. The second-order valence-electron chi connectivity index (χ2n) is 5.72. The van der Waals surface area contributed by atoms with Crippen LogP contribution < -0.4 is 14.8 Å². The first-order valence-electron chi connectivity index (χ1n) is 7.83. The second-order valence-corrected chi connectivity index (χ2v) is 7.44. The number of aryl methyl sites for hydroxylation is 1. The lowest BCUT2D eigenvalue weighted by molar-refractivity contribution is 0.289. The minimum atomic E-state index is -3.51. The number of rotatable bonds is 6. The maximum absolute atomic E-state index is 12.4. The Balaban J connectivity index is 1.61. The van der Waals surface area contributed by atoms with E-state index < -0.39 is 10.0 Å². The van der Waals surface area contributed by atoms with Crippen LogP contribution >= 0.6 is 0 Å². The second kappa shape index (κ2) is 7.29. The molecular weight excluding hydrogens is 330 g/mol. The van der Waals surface area contributed by atoms with Gasteiger partial charge in [0.1, 0.15) is 18.7 Å². The van der Waals surface area contributed by atoms with E-state index in [2.05, 4.69) is 20.1 Å². The predicted molar refractivity (Wildman–Crippen MR) is 88.0 cm³/mol. The molecule has 1 unspecified atom stereocenters. The van der Waals surface area contributed by atoms with Gasteiger partial charge in [-0.05, 0) is 43.7 Å². The lowest BCUT2D eigenvalue weighted by Gasteiger charge is -2.23. The van der Waals surface area contributed by atoms with Crippen LogP contribution in [0.5, 0.6) is 5.75 Å². The summed E-state index contributed by atoms with van der Waals surface area (Å²) in [5.41, 5.74) is 0. The third-order valence-corrected chi connectivity index (χ3v) is 5.46. The van der Waals surface area contributed by atoms with E-state index in [0.717, 1.165) is 19.4 Å². The summed E-state index contributed by atoms with van der Waals surface area (Å²) in [7, 11) is -1.73. The number of hydrogen-bond donors (Lipinski definition) is 2. The van der Waals surface area contributed by atoms with Crippen LogP contribution in [0.4, 0.5) is 0 Å². The maximum Gasteiger partial charge on any atom is 0.240 e. The molecule has 1 aliphatic heterocycles. The molecule has 3 rings (SSSR count). The summed E-state index contributed by atoms with van der Waals surface area (Å²) in [6.07, 6.45) is 3.29. The summed E-state index contributed by atoms with van der Waals surface area (Å²) < 4.78 is 34.8. The van der Waals surface area contributed by atoms with Crippen LogP contribution in [0.25, 0.3) is 0 Å². The first kappa shape index (κ1) is 16.9. The van der Waals surface area contributed by atoms with E-state index in [-0.39, 0.29) is 17.5 Å². The van der Waals surface area contributed by atoms with Crippen molar-refractivity contribution in [2.24, 2.45) is 7.05 Å². The normalized spacial score (nSPS) is 18.5. The van der Waals surface area contributed by atoms with Gasteiger partial charge in [0.2, 0.25) is 10.0 Å². The van der Waals surface area contributed by atoms with Crippen LogP contribution in [0.15, 0.2) is 35.5 Å². The van der Waals surface area contributed by atoms with Crippen LogP contribution in [0.1, 0.15) is 18.7 Å². The van der Waals surface area contributed by atoms with Crippen LogP contribution in [0.3, 0.4) is 0 Å². The monoisotopic (exact) mass is 351 g/mol. The number of nitrogens with one attached hydrogen (secondary N) is 2. The molecule has 0 amide bonds. The van der Waals surface area contributed by atoms with Crippen LogP contribution in [0, 0.1) is 0 Å².